The first-order chi connectivity index (χ1) is 9.20. The summed E-state index contributed by atoms with van der Waals surface area (Å²) in [7, 11) is 0. The highest BCUT2D eigenvalue weighted by Gasteiger charge is 2.00. The van der Waals surface area contributed by atoms with Crippen molar-refractivity contribution in [3.63, 3.8) is 0 Å². The molecule has 0 aliphatic rings. The summed E-state index contributed by atoms with van der Waals surface area (Å²) in [5.74, 6) is 1.60. The Labute approximate surface area is 119 Å². The Kier molecular flexibility index (Phi) is 3.13. The van der Waals surface area contributed by atoms with Crippen molar-refractivity contribution in [2.45, 2.75) is 0 Å². The molecule has 0 bridgehead atoms. The number of nitrogen functional groups attached to an aromatic ring is 1. The second kappa shape index (κ2) is 4.94. The maximum atomic E-state index is 5.80. The number of halogens is 1. The van der Waals surface area contributed by atoms with E-state index in [-0.39, 0.29) is 0 Å². The predicted molar refractivity (Wildman–Crippen MR) is 82.6 cm³/mol. The number of nitrogens with two attached hydrogens (primary N) is 1. The largest absolute Gasteiger partial charge is 0.457 e. The molecule has 3 heteroatoms. The SMILES string of the molecule is Nc1ccc(Oc2ccc3cc(Br)ccc3c2)cc1. The van der Waals surface area contributed by atoms with Crippen LogP contribution in [0.4, 0.5) is 5.69 Å². The number of benzene rings is 3. The summed E-state index contributed by atoms with van der Waals surface area (Å²) >= 11 is 3.47. The molecular formula is C16H12BrNO. The lowest BCUT2D eigenvalue weighted by Crippen LogP contribution is -1.86. The van der Waals surface area contributed by atoms with Crippen LogP contribution in [-0.4, -0.2) is 0 Å². The van der Waals surface area contributed by atoms with Crippen LogP contribution in [-0.2, 0) is 0 Å². The molecule has 2 N–H and O–H groups in total. The molecule has 0 amide bonds. The van der Waals surface area contributed by atoms with Crippen LogP contribution in [0.5, 0.6) is 11.5 Å². The fraction of sp³-hybridized carbons (Fsp3) is 0. The van der Waals surface area contributed by atoms with E-state index in [1.165, 1.54) is 5.39 Å². The van der Waals surface area contributed by atoms with Gasteiger partial charge in [0.15, 0.2) is 0 Å². The summed E-state index contributed by atoms with van der Waals surface area (Å²) in [6.07, 6.45) is 0. The number of ether oxygens (including phenoxy) is 1. The van der Waals surface area contributed by atoms with Crippen LogP contribution in [0, 0.1) is 0 Å². The maximum Gasteiger partial charge on any atom is 0.128 e. The van der Waals surface area contributed by atoms with Crippen molar-refractivity contribution < 1.29 is 4.74 Å². The number of hydrogen-bond acceptors (Lipinski definition) is 2. The smallest absolute Gasteiger partial charge is 0.128 e. The van der Waals surface area contributed by atoms with E-state index in [1.54, 1.807) is 0 Å². The van der Waals surface area contributed by atoms with E-state index in [0.29, 0.717) is 0 Å². The van der Waals surface area contributed by atoms with Crippen LogP contribution in [0.15, 0.2) is 65.1 Å². The summed E-state index contributed by atoms with van der Waals surface area (Å²) in [6.45, 7) is 0. The molecule has 3 rings (SSSR count). The van der Waals surface area contributed by atoms with Gasteiger partial charge in [-0.15, -0.1) is 0 Å². The van der Waals surface area contributed by atoms with Crippen LogP contribution in [0.2, 0.25) is 0 Å². The van der Waals surface area contributed by atoms with E-state index in [0.717, 1.165) is 27.0 Å². The highest BCUT2D eigenvalue weighted by molar-refractivity contribution is 9.10. The molecule has 0 saturated heterocycles. The second-order valence-electron chi connectivity index (χ2n) is 4.32. The molecule has 2 nitrogen and oxygen atoms in total. The molecule has 0 spiro atoms. The average molecular weight is 314 g/mol. The van der Waals surface area contributed by atoms with Crippen molar-refractivity contribution in [3.8, 4) is 11.5 Å². The molecule has 19 heavy (non-hydrogen) atoms. The summed E-state index contributed by atoms with van der Waals surface area (Å²) in [4.78, 5) is 0. The highest BCUT2D eigenvalue weighted by Crippen LogP contribution is 2.27. The van der Waals surface area contributed by atoms with Gasteiger partial charge >= 0.3 is 0 Å². The average Bonchev–Trinajstić information content (AvgIpc) is 2.42. The van der Waals surface area contributed by atoms with Gasteiger partial charge in [0.05, 0.1) is 0 Å². The minimum absolute atomic E-state index is 0.732. The molecule has 0 heterocycles. The maximum absolute atomic E-state index is 5.80. The van der Waals surface area contributed by atoms with Crippen molar-refractivity contribution in [1.82, 2.24) is 0 Å². The Morgan fingerprint density at radius 1 is 0.737 bits per heavy atom. The van der Waals surface area contributed by atoms with Gasteiger partial charge in [0.2, 0.25) is 0 Å². The van der Waals surface area contributed by atoms with Gasteiger partial charge in [-0.2, -0.15) is 0 Å². The molecule has 3 aromatic carbocycles. The molecule has 3 aromatic rings. The molecule has 0 aliphatic carbocycles. The molecule has 0 fully saturated rings. The van der Waals surface area contributed by atoms with Gasteiger partial charge in [-0.25, -0.2) is 0 Å². The van der Waals surface area contributed by atoms with Gasteiger partial charge in [0.1, 0.15) is 11.5 Å². The number of fused-ring (bicyclic) bond motifs is 1. The van der Waals surface area contributed by atoms with E-state index >= 15 is 0 Å². The van der Waals surface area contributed by atoms with Crippen LogP contribution >= 0.6 is 15.9 Å². The third-order valence-electron chi connectivity index (χ3n) is 2.89. The van der Waals surface area contributed by atoms with Crippen LogP contribution in [0.1, 0.15) is 0 Å². The molecule has 0 radical (unpaired) electrons. The number of rotatable bonds is 2. The van der Waals surface area contributed by atoms with Crippen molar-refractivity contribution in [2.75, 3.05) is 5.73 Å². The quantitative estimate of drug-likeness (QED) is 0.677. The van der Waals surface area contributed by atoms with E-state index < -0.39 is 0 Å². The predicted octanol–water partition coefficient (Wildman–Crippen LogP) is 4.98. The normalized spacial score (nSPS) is 10.6. The summed E-state index contributed by atoms with van der Waals surface area (Å²) < 4.78 is 6.88. The van der Waals surface area contributed by atoms with E-state index in [4.69, 9.17) is 10.5 Å². The molecule has 0 aromatic heterocycles. The number of anilines is 1. The summed E-state index contributed by atoms with van der Waals surface area (Å²) in [6, 6.07) is 19.6. The second-order valence-corrected chi connectivity index (χ2v) is 5.24. The lowest BCUT2D eigenvalue weighted by molar-refractivity contribution is 0.483. The molecule has 94 valence electrons. The molecule has 0 aliphatic heterocycles. The van der Waals surface area contributed by atoms with E-state index in [9.17, 15) is 0 Å². The Bertz CT molecular complexity index is 722. The van der Waals surface area contributed by atoms with E-state index in [2.05, 4.69) is 28.1 Å². The minimum Gasteiger partial charge on any atom is -0.457 e. The van der Waals surface area contributed by atoms with Gasteiger partial charge in [-0.1, -0.05) is 28.1 Å². The van der Waals surface area contributed by atoms with Gasteiger partial charge < -0.3 is 10.5 Å². The monoisotopic (exact) mass is 313 g/mol. The molecule has 0 saturated carbocycles. The van der Waals surface area contributed by atoms with Gasteiger partial charge in [-0.3, -0.25) is 0 Å². The molecule has 0 unspecified atom stereocenters. The van der Waals surface area contributed by atoms with Crippen LogP contribution in [0.3, 0.4) is 0 Å². The zero-order chi connectivity index (χ0) is 13.2. The standard InChI is InChI=1S/C16H12BrNO/c17-13-3-1-12-10-16(6-2-11(12)9-13)19-15-7-4-14(18)5-8-15/h1-10H,18H2. The first-order valence-corrected chi connectivity index (χ1v) is 6.73. The van der Waals surface area contributed by atoms with Crippen LogP contribution in [0.25, 0.3) is 10.8 Å². The van der Waals surface area contributed by atoms with Gasteiger partial charge in [0, 0.05) is 10.2 Å². The molecule has 0 atom stereocenters. The fourth-order valence-corrected chi connectivity index (χ4v) is 2.31. The lowest BCUT2D eigenvalue weighted by atomic mass is 10.1. The fourth-order valence-electron chi connectivity index (χ4n) is 1.93. The van der Waals surface area contributed by atoms with Gasteiger partial charge in [0.25, 0.3) is 0 Å². The highest BCUT2D eigenvalue weighted by atomic mass is 79.9. The zero-order valence-electron chi connectivity index (χ0n) is 10.1. The summed E-state index contributed by atoms with van der Waals surface area (Å²) in [5.41, 5.74) is 6.38. The minimum atomic E-state index is 0.732. The van der Waals surface area contributed by atoms with Crippen molar-refractivity contribution >= 4 is 32.4 Å². The Morgan fingerprint density at radius 2 is 1.37 bits per heavy atom. The Hall–Kier alpha value is -2.00. The lowest BCUT2D eigenvalue weighted by Gasteiger charge is -2.07. The first-order valence-electron chi connectivity index (χ1n) is 5.93. The van der Waals surface area contributed by atoms with Crippen LogP contribution < -0.4 is 10.5 Å². The third-order valence-corrected chi connectivity index (χ3v) is 3.38. The topological polar surface area (TPSA) is 35.2 Å². The van der Waals surface area contributed by atoms with E-state index in [1.807, 2.05) is 48.5 Å². The zero-order valence-corrected chi connectivity index (χ0v) is 11.7. The van der Waals surface area contributed by atoms with Crippen molar-refractivity contribution in [2.24, 2.45) is 0 Å². The first kappa shape index (κ1) is 12.1. The third kappa shape index (κ3) is 2.71. The Morgan fingerprint density at radius 3 is 2.16 bits per heavy atom. The van der Waals surface area contributed by atoms with Crippen molar-refractivity contribution in [3.05, 3.63) is 65.1 Å². The number of hydrogen-bond donors (Lipinski definition) is 1. The van der Waals surface area contributed by atoms with Crippen molar-refractivity contribution in [1.29, 1.82) is 0 Å². The Balaban J connectivity index is 1.93. The van der Waals surface area contributed by atoms with Gasteiger partial charge in [-0.05, 0) is 59.3 Å². The molecular weight excluding hydrogens is 302 g/mol. The summed E-state index contributed by atoms with van der Waals surface area (Å²) in [5, 5.41) is 2.33.